The van der Waals surface area contributed by atoms with Crippen LogP contribution in [0.4, 0.5) is 15.8 Å². The van der Waals surface area contributed by atoms with E-state index in [0.29, 0.717) is 52.1 Å². The largest absolute Gasteiger partial charge is 0.488 e. The van der Waals surface area contributed by atoms with Crippen molar-refractivity contribution in [3.63, 3.8) is 0 Å². The van der Waals surface area contributed by atoms with Crippen LogP contribution in [0, 0.1) is 5.82 Å². The second-order valence-electron chi connectivity index (χ2n) is 9.12. The fraction of sp³-hybridized carbons (Fsp3) is 0.385. The predicted molar refractivity (Wildman–Crippen MR) is 140 cm³/mol. The van der Waals surface area contributed by atoms with E-state index in [9.17, 15) is 4.39 Å². The highest BCUT2D eigenvalue weighted by molar-refractivity contribution is 6.34. The average molecular weight is 516 g/mol. The molecule has 0 spiro atoms. The van der Waals surface area contributed by atoms with Crippen LogP contribution in [0.25, 0.3) is 11.3 Å². The van der Waals surface area contributed by atoms with Crippen molar-refractivity contribution in [2.75, 3.05) is 49.1 Å². The smallest absolute Gasteiger partial charge is 0.161 e. The van der Waals surface area contributed by atoms with Crippen LogP contribution in [0.15, 0.2) is 36.5 Å². The molecule has 0 saturated carbocycles. The maximum Gasteiger partial charge on any atom is 0.161 e. The third-order valence-corrected chi connectivity index (χ3v) is 6.99. The third kappa shape index (κ3) is 5.03. The highest BCUT2D eigenvalue weighted by Gasteiger charge is 2.25. The zero-order valence-electron chi connectivity index (χ0n) is 19.8. The first-order valence-corrected chi connectivity index (χ1v) is 12.6. The van der Waals surface area contributed by atoms with Crippen molar-refractivity contribution >= 4 is 34.6 Å². The third-order valence-electron chi connectivity index (χ3n) is 6.43. The minimum Gasteiger partial charge on any atom is -0.488 e. The lowest BCUT2D eigenvalue weighted by atomic mass is 10.1. The van der Waals surface area contributed by atoms with Gasteiger partial charge in [-0.3, -0.25) is 0 Å². The number of nitrogens with zero attached hydrogens (tertiary/aromatic N) is 4. The summed E-state index contributed by atoms with van der Waals surface area (Å²) in [6.07, 6.45) is 1.98. The standard InChI is InChI=1S/C26H28Cl2FN5O/c1-16(2)34-9-10-35-26-19(27)13-18(14-23(26)34)25-20(28)15-31-24(32-25)12-17-3-4-22(21(29)11-17)33-7-5-30-6-8-33/h3-4,11,13-16,30H,5-10,12H2,1-2H3. The van der Waals surface area contributed by atoms with E-state index in [-0.39, 0.29) is 5.82 Å². The van der Waals surface area contributed by atoms with Gasteiger partial charge in [-0.15, -0.1) is 0 Å². The quantitative estimate of drug-likeness (QED) is 0.504. The van der Waals surface area contributed by atoms with Gasteiger partial charge < -0.3 is 19.9 Å². The van der Waals surface area contributed by atoms with Gasteiger partial charge in [0.1, 0.15) is 18.2 Å². The number of benzene rings is 2. The Morgan fingerprint density at radius 3 is 2.60 bits per heavy atom. The van der Waals surface area contributed by atoms with Crippen molar-refractivity contribution in [2.45, 2.75) is 26.3 Å². The molecule has 0 amide bonds. The van der Waals surface area contributed by atoms with Gasteiger partial charge >= 0.3 is 0 Å². The monoisotopic (exact) mass is 515 g/mol. The predicted octanol–water partition coefficient (Wildman–Crippen LogP) is 5.20. The van der Waals surface area contributed by atoms with Crippen LogP contribution in [-0.2, 0) is 6.42 Å². The number of fused-ring (bicyclic) bond motifs is 1. The molecule has 0 radical (unpaired) electrons. The SMILES string of the molecule is CC(C)N1CCOc2c(Cl)cc(-c3nc(Cc4ccc(N5CCNCC5)c(F)c4)ncc3Cl)cc21. The van der Waals surface area contributed by atoms with Crippen LogP contribution in [0.3, 0.4) is 0 Å². The van der Waals surface area contributed by atoms with Crippen molar-refractivity contribution in [3.8, 4) is 17.0 Å². The number of aromatic nitrogens is 2. The molecule has 3 heterocycles. The Morgan fingerprint density at radius 1 is 1.06 bits per heavy atom. The second kappa shape index (κ2) is 10.2. The van der Waals surface area contributed by atoms with Crippen LogP contribution < -0.4 is 19.9 Å². The fourth-order valence-corrected chi connectivity index (χ4v) is 5.14. The number of nitrogens with one attached hydrogen (secondary N) is 1. The maximum absolute atomic E-state index is 14.9. The number of hydrogen-bond donors (Lipinski definition) is 1. The Hall–Kier alpha value is -2.61. The van der Waals surface area contributed by atoms with Crippen molar-refractivity contribution < 1.29 is 9.13 Å². The highest BCUT2D eigenvalue weighted by Crippen LogP contribution is 2.43. The van der Waals surface area contributed by atoms with E-state index in [2.05, 4.69) is 33.9 Å². The molecule has 0 unspecified atom stereocenters. The minimum absolute atomic E-state index is 0.228. The van der Waals surface area contributed by atoms with E-state index >= 15 is 0 Å². The first kappa shape index (κ1) is 24.1. The molecule has 0 bridgehead atoms. The molecule has 35 heavy (non-hydrogen) atoms. The van der Waals surface area contributed by atoms with Gasteiger partial charge in [-0.05, 0) is 43.7 Å². The summed E-state index contributed by atoms with van der Waals surface area (Å²) in [4.78, 5) is 13.5. The zero-order valence-corrected chi connectivity index (χ0v) is 21.3. The topological polar surface area (TPSA) is 53.5 Å². The molecule has 2 aromatic carbocycles. The Kier molecular flexibility index (Phi) is 7.00. The molecular formula is C26H28Cl2FN5O. The van der Waals surface area contributed by atoms with Gasteiger partial charge in [-0.1, -0.05) is 29.3 Å². The average Bonchev–Trinajstić information content (AvgIpc) is 2.85. The van der Waals surface area contributed by atoms with Crippen molar-refractivity contribution in [3.05, 3.63) is 63.8 Å². The van der Waals surface area contributed by atoms with Crippen LogP contribution in [-0.4, -0.2) is 55.3 Å². The molecule has 5 rings (SSSR count). The zero-order chi connectivity index (χ0) is 24.5. The summed E-state index contributed by atoms with van der Waals surface area (Å²) >= 11 is 13.1. The summed E-state index contributed by atoms with van der Waals surface area (Å²) in [5, 5.41) is 4.24. The van der Waals surface area contributed by atoms with Gasteiger partial charge in [-0.2, -0.15) is 0 Å². The van der Waals surface area contributed by atoms with E-state index in [1.807, 2.05) is 24.3 Å². The van der Waals surface area contributed by atoms with Gasteiger partial charge in [-0.25, -0.2) is 14.4 Å². The lowest BCUT2D eigenvalue weighted by Crippen LogP contribution is -2.43. The summed E-state index contributed by atoms with van der Waals surface area (Å²) < 4.78 is 20.7. The molecule has 184 valence electrons. The number of halogens is 3. The van der Waals surface area contributed by atoms with E-state index in [0.717, 1.165) is 49.5 Å². The lowest BCUT2D eigenvalue weighted by Gasteiger charge is -2.35. The van der Waals surface area contributed by atoms with Gasteiger partial charge in [0.15, 0.2) is 5.75 Å². The molecule has 9 heteroatoms. The molecule has 1 saturated heterocycles. The Balaban J connectivity index is 1.43. The summed E-state index contributed by atoms with van der Waals surface area (Å²) in [6, 6.07) is 9.48. The second-order valence-corrected chi connectivity index (χ2v) is 9.94. The summed E-state index contributed by atoms with van der Waals surface area (Å²) in [5.41, 5.74) is 3.74. The number of rotatable bonds is 5. The van der Waals surface area contributed by atoms with Crippen molar-refractivity contribution in [1.29, 1.82) is 0 Å². The van der Waals surface area contributed by atoms with E-state index in [1.54, 1.807) is 12.3 Å². The molecule has 2 aliphatic rings. The van der Waals surface area contributed by atoms with Gasteiger partial charge in [0, 0.05) is 50.4 Å². The van der Waals surface area contributed by atoms with E-state index in [4.69, 9.17) is 32.9 Å². The minimum atomic E-state index is -0.228. The number of piperazine rings is 1. The lowest BCUT2D eigenvalue weighted by molar-refractivity contribution is 0.303. The van der Waals surface area contributed by atoms with Crippen LogP contribution in [0.1, 0.15) is 25.2 Å². The molecule has 1 N–H and O–H groups in total. The van der Waals surface area contributed by atoms with Crippen molar-refractivity contribution in [2.24, 2.45) is 0 Å². The molecule has 1 fully saturated rings. The van der Waals surface area contributed by atoms with Gasteiger partial charge in [0.05, 0.1) is 33.7 Å². The Labute approximate surface area is 215 Å². The summed E-state index contributed by atoms with van der Waals surface area (Å²) in [7, 11) is 0. The summed E-state index contributed by atoms with van der Waals surface area (Å²) in [6.45, 7) is 8.95. The molecule has 0 atom stereocenters. The Bertz CT molecular complexity index is 1230. The number of hydrogen-bond acceptors (Lipinski definition) is 6. The van der Waals surface area contributed by atoms with Gasteiger partial charge in [0.2, 0.25) is 0 Å². The molecule has 0 aliphatic carbocycles. The highest BCUT2D eigenvalue weighted by atomic mass is 35.5. The molecule has 6 nitrogen and oxygen atoms in total. The Morgan fingerprint density at radius 2 is 1.86 bits per heavy atom. The molecular weight excluding hydrogens is 488 g/mol. The van der Waals surface area contributed by atoms with E-state index in [1.165, 1.54) is 0 Å². The summed E-state index contributed by atoms with van der Waals surface area (Å²) in [5.74, 6) is 1.01. The fourth-order valence-electron chi connectivity index (χ4n) is 4.67. The number of anilines is 2. The van der Waals surface area contributed by atoms with Crippen LogP contribution in [0.2, 0.25) is 10.0 Å². The van der Waals surface area contributed by atoms with Gasteiger partial charge in [0.25, 0.3) is 0 Å². The molecule has 3 aromatic rings. The normalized spacial score (nSPS) is 15.8. The molecule has 2 aliphatic heterocycles. The van der Waals surface area contributed by atoms with Crippen LogP contribution >= 0.6 is 23.2 Å². The van der Waals surface area contributed by atoms with Crippen LogP contribution in [0.5, 0.6) is 5.75 Å². The first-order chi connectivity index (χ1) is 16.9. The van der Waals surface area contributed by atoms with E-state index < -0.39 is 0 Å². The van der Waals surface area contributed by atoms with Crippen molar-refractivity contribution in [1.82, 2.24) is 15.3 Å². The number of ether oxygens (including phenoxy) is 1. The molecule has 1 aromatic heterocycles. The maximum atomic E-state index is 14.9. The first-order valence-electron chi connectivity index (χ1n) is 11.9.